The zero-order chi connectivity index (χ0) is 21.5. The minimum atomic E-state index is -0.419. The van der Waals surface area contributed by atoms with Gasteiger partial charge in [0, 0.05) is 55.8 Å². The molecule has 0 radical (unpaired) electrons. The monoisotopic (exact) mass is 434 g/mol. The maximum absolute atomic E-state index is 11.9. The molecule has 0 bridgehead atoms. The summed E-state index contributed by atoms with van der Waals surface area (Å²) in [7, 11) is 0. The Balaban J connectivity index is 1.32. The number of rotatable bonds is 8. The zero-order valence-corrected chi connectivity index (χ0v) is 18.8. The smallest absolute Gasteiger partial charge is 0.220 e. The number of nitrogens with two attached hydrogens (primary N) is 1. The molecule has 1 aromatic rings. The van der Waals surface area contributed by atoms with Gasteiger partial charge >= 0.3 is 0 Å². The van der Waals surface area contributed by atoms with E-state index in [1.165, 1.54) is 30.5 Å². The molecule has 1 aromatic carbocycles. The van der Waals surface area contributed by atoms with Crippen molar-refractivity contribution in [2.24, 2.45) is 11.7 Å². The topological polar surface area (TPSA) is 78.7 Å². The summed E-state index contributed by atoms with van der Waals surface area (Å²) in [5.74, 6) is 0.277. The van der Waals surface area contributed by atoms with Crippen molar-refractivity contribution in [3.05, 3.63) is 28.8 Å². The van der Waals surface area contributed by atoms with E-state index in [1.54, 1.807) is 0 Å². The first-order valence-electron chi connectivity index (χ1n) is 11.2. The van der Waals surface area contributed by atoms with Crippen LogP contribution in [0.3, 0.4) is 0 Å². The minimum absolute atomic E-state index is 0.0509. The second kappa shape index (κ2) is 11.0. The van der Waals surface area contributed by atoms with Crippen LogP contribution in [0.25, 0.3) is 0 Å². The first kappa shape index (κ1) is 22.9. The van der Waals surface area contributed by atoms with E-state index in [-0.39, 0.29) is 24.8 Å². The molecule has 3 N–H and O–H groups in total. The summed E-state index contributed by atoms with van der Waals surface area (Å²) < 4.78 is 0. The molecule has 0 aromatic heterocycles. The lowest BCUT2D eigenvalue weighted by Gasteiger charge is -2.38. The number of nitrogens with zero attached hydrogens (tertiary/aromatic N) is 2. The van der Waals surface area contributed by atoms with Crippen LogP contribution in [0.15, 0.2) is 18.2 Å². The fourth-order valence-corrected chi connectivity index (χ4v) is 4.80. The van der Waals surface area contributed by atoms with Crippen LogP contribution >= 0.6 is 11.6 Å². The molecule has 30 heavy (non-hydrogen) atoms. The van der Waals surface area contributed by atoms with Gasteiger partial charge in [0.25, 0.3) is 0 Å². The van der Waals surface area contributed by atoms with Gasteiger partial charge in [0.15, 0.2) is 0 Å². The largest absolute Gasteiger partial charge is 0.370 e. The maximum atomic E-state index is 11.9. The molecule has 2 amide bonds. The standard InChI is InChI=1S/C23H35ClN4O2/c1-17-2-5-19(24)16-21(17)28-14-12-27(13-15-28)11-10-18-3-6-20(7-4-18)26-23(30)9-8-22(25)29/h2,5,16,18,20H,3-4,6-15H2,1H3,(H2,25,29)(H,26,30). The molecule has 1 aliphatic carbocycles. The van der Waals surface area contributed by atoms with Crippen molar-refractivity contribution in [3.8, 4) is 0 Å². The van der Waals surface area contributed by atoms with Crippen molar-refractivity contribution < 1.29 is 9.59 Å². The third-order valence-electron chi connectivity index (χ3n) is 6.55. The Kier molecular flexibility index (Phi) is 8.40. The molecule has 1 heterocycles. The van der Waals surface area contributed by atoms with Crippen LogP contribution in [0.5, 0.6) is 0 Å². The first-order chi connectivity index (χ1) is 14.4. The van der Waals surface area contributed by atoms with Crippen LogP contribution in [-0.2, 0) is 9.59 Å². The van der Waals surface area contributed by atoms with Crippen molar-refractivity contribution in [2.75, 3.05) is 37.6 Å². The summed E-state index contributed by atoms with van der Waals surface area (Å²) in [4.78, 5) is 27.7. The summed E-state index contributed by atoms with van der Waals surface area (Å²) in [5.41, 5.74) is 7.65. The Morgan fingerprint density at radius 3 is 2.47 bits per heavy atom. The Labute approximate surface area is 185 Å². The molecular weight excluding hydrogens is 400 g/mol. The number of carbonyl (C=O) groups excluding carboxylic acids is 2. The van der Waals surface area contributed by atoms with E-state index in [0.717, 1.165) is 56.5 Å². The minimum Gasteiger partial charge on any atom is -0.370 e. The molecule has 3 rings (SSSR count). The summed E-state index contributed by atoms with van der Waals surface area (Å²) in [6.45, 7) is 7.59. The van der Waals surface area contributed by atoms with E-state index >= 15 is 0 Å². The Bertz CT molecular complexity index is 726. The number of amides is 2. The molecule has 7 heteroatoms. The molecular formula is C23H35ClN4O2. The number of nitrogens with one attached hydrogen (secondary N) is 1. The molecule has 0 spiro atoms. The number of piperazine rings is 1. The number of benzene rings is 1. The van der Waals surface area contributed by atoms with Gasteiger partial charge in [-0.1, -0.05) is 17.7 Å². The first-order valence-corrected chi connectivity index (χ1v) is 11.6. The fourth-order valence-electron chi connectivity index (χ4n) is 4.63. The van der Waals surface area contributed by atoms with Gasteiger partial charge in [-0.25, -0.2) is 0 Å². The highest BCUT2D eigenvalue weighted by Crippen LogP contribution is 2.28. The molecule has 1 saturated carbocycles. The lowest BCUT2D eigenvalue weighted by molar-refractivity contribution is -0.125. The predicted molar refractivity (Wildman–Crippen MR) is 122 cm³/mol. The SMILES string of the molecule is Cc1ccc(Cl)cc1N1CCN(CCC2CCC(NC(=O)CCC(N)=O)CC2)CC1. The summed E-state index contributed by atoms with van der Waals surface area (Å²) in [6.07, 6.45) is 5.98. The lowest BCUT2D eigenvalue weighted by Crippen LogP contribution is -2.47. The van der Waals surface area contributed by atoms with Crippen molar-refractivity contribution in [2.45, 2.75) is 57.9 Å². The molecule has 0 unspecified atom stereocenters. The van der Waals surface area contributed by atoms with Gasteiger partial charge in [0.05, 0.1) is 0 Å². The van der Waals surface area contributed by atoms with E-state index in [0.29, 0.717) is 0 Å². The fraction of sp³-hybridized carbons (Fsp3) is 0.652. The highest BCUT2D eigenvalue weighted by molar-refractivity contribution is 6.30. The van der Waals surface area contributed by atoms with E-state index in [4.69, 9.17) is 17.3 Å². The molecule has 2 aliphatic rings. The Morgan fingerprint density at radius 2 is 1.80 bits per heavy atom. The normalized spacial score (nSPS) is 22.7. The molecule has 0 atom stereocenters. The van der Waals surface area contributed by atoms with Crippen molar-refractivity contribution >= 4 is 29.1 Å². The van der Waals surface area contributed by atoms with Gasteiger partial charge in [0.2, 0.25) is 11.8 Å². The molecule has 166 valence electrons. The molecule has 1 saturated heterocycles. The highest BCUT2D eigenvalue weighted by Gasteiger charge is 2.24. The molecule has 2 fully saturated rings. The van der Waals surface area contributed by atoms with Crippen LogP contribution in [0.1, 0.15) is 50.5 Å². The number of carbonyl (C=O) groups is 2. The number of anilines is 1. The molecule has 1 aliphatic heterocycles. The van der Waals surface area contributed by atoms with E-state index in [9.17, 15) is 9.59 Å². The number of aryl methyl sites for hydroxylation is 1. The zero-order valence-electron chi connectivity index (χ0n) is 18.0. The van der Waals surface area contributed by atoms with Crippen LogP contribution in [-0.4, -0.2) is 55.5 Å². The maximum Gasteiger partial charge on any atom is 0.220 e. The van der Waals surface area contributed by atoms with E-state index in [2.05, 4.69) is 34.2 Å². The van der Waals surface area contributed by atoms with Crippen molar-refractivity contribution in [3.63, 3.8) is 0 Å². The van der Waals surface area contributed by atoms with Crippen LogP contribution in [0, 0.1) is 12.8 Å². The average Bonchev–Trinajstić information content (AvgIpc) is 2.74. The quantitative estimate of drug-likeness (QED) is 0.658. The number of hydrogen-bond acceptors (Lipinski definition) is 4. The van der Waals surface area contributed by atoms with Gasteiger partial charge in [0.1, 0.15) is 0 Å². The van der Waals surface area contributed by atoms with E-state index < -0.39 is 5.91 Å². The molecule has 6 nitrogen and oxygen atoms in total. The predicted octanol–water partition coefficient (Wildman–Crippen LogP) is 3.10. The van der Waals surface area contributed by atoms with Gasteiger partial charge in [-0.05, 0) is 69.2 Å². The van der Waals surface area contributed by atoms with Crippen LogP contribution in [0.2, 0.25) is 5.02 Å². The number of halogens is 1. The third kappa shape index (κ3) is 6.88. The van der Waals surface area contributed by atoms with Gasteiger partial charge in [-0.3, -0.25) is 14.5 Å². The second-order valence-corrected chi connectivity index (χ2v) is 9.24. The Hall–Kier alpha value is -1.79. The average molecular weight is 435 g/mol. The van der Waals surface area contributed by atoms with E-state index in [1.807, 2.05) is 6.07 Å². The summed E-state index contributed by atoms with van der Waals surface area (Å²) in [5, 5.41) is 3.86. The third-order valence-corrected chi connectivity index (χ3v) is 6.78. The van der Waals surface area contributed by atoms with Gasteiger partial charge in [-0.2, -0.15) is 0 Å². The van der Waals surface area contributed by atoms with Crippen LogP contribution < -0.4 is 16.0 Å². The van der Waals surface area contributed by atoms with Gasteiger partial charge < -0.3 is 16.0 Å². The van der Waals surface area contributed by atoms with Crippen LogP contribution in [0.4, 0.5) is 5.69 Å². The summed E-state index contributed by atoms with van der Waals surface area (Å²) in [6, 6.07) is 6.39. The van der Waals surface area contributed by atoms with Crippen molar-refractivity contribution in [1.29, 1.82) is 0 Å². The highest BCUT2D eigenvalue weighted by atomic mass is 35.5. The van der Waals surface area contributed by atoms with Crippen molar-refractivity contribution in [1.82, 2.24) is 10.2 Å². The number of hydrogen-bond donors (Lipinski definition) is 2. The summed E-state index contributed by atoms with van der Waals surface area (Å²) >= 11 is 6.19. The number of primary amides is 1. The second-order valence-electron chi connectivity index (χ2n) is 8.80. The van der Waals surface area contributed by atoms with Gasteiger partial charge in [-0.15, -0.1) is 0 Å². The Morgan fingerprint density at radius 1 is 1.10 bits per heavy atom. The lowest BCUT2D eigenvalue weighted by atomic mass is 9.84.